The van der Waals surface area contributed by atoms with Crippen molar-refractivity contribution in [1.29, 1.82) is 0 Å². The molecule has 0 saturated heterocycles. The molecule has 0 radical (unpaired) electrons. The van der Waals surface area contributed by atoms with E-state index in [0.717, 1.165) is 22.8 Å². The van der Waals surface area contributed by atoms with Crippen molar-refractivity contribution in [2.24, 2.45) is 5.92 Å². The van der Waals surface area contributed by atoms with Crippen LogP contribution in [0.2, 0.25) is 0 Å². The summed E-state index contributed by atoms with van der Waals surface area (Å²) in [5.74, 6) is 2.49. The largest absolute Gasteiger partial charge is 0.497 e. The second-order valence-electron chi connectivity index (χ2n) is 6.04. The van der Waals surface area contributed by atoms with E-state index in [1.54, 1.807) is 20.5 Å². The molecule has 5 heteroatoms. The molecule has 3 unspecified atom stereocenters. The zero-order chi connectivity index (χ0) is 17.5. The van der Waals surface area contributed by atoms with Crippen molar-refractivity contribution in [2.45, 2.75) is 39.0 Å². The highest BCUT2D eigenvalue weighted by atomic mass is 16.5. The number of aliphatic hydroxyl groups is 1. The van der Waals surface area contributed by atoms with Crippen LogP contribution >= 0.6 is 0 Å². The van der Waals surface area contributed by atoms with Gasteiger partial charge in [0.15, 0.2) is 0 Å². The van der Waals surface area contributed by atoms with E-state index in [9.17, 15) is 5.11 Å². The van der Waals surface area contributed by atoms with Gasteiger partial charge in [-0.15, -0.1) is 0 Å². The summed E-state index contributed by atoms with van der Waals surface area (Å²) in [6.45, 7) is 4.55. The number of ether oxygens (including phenoxy) is 2. The molecular formula is C19H27NO4. The molecular weight excluding hydrogens is 306 g/mol. The Morgan fingerprint density at radius 3 is 2.54 bits per heavy atom. The molecule has 2 N–H and O–H groups in total. The Kier molecular flexibility index (Phi) is 6.70. The molecule has 0 bridgehead atoms. The second kappa shape index (κ2) is 8.76. The molecule has 0 aliphatic heterocycles. The fourth-order valence-corrected chi connectivity index (χ4v) is 2.85. The van der Waals surface area contributed by atoms with Gasteiger partial charge in [-0.3, -0.25) is 0 Å². The standard InChI is InChI=1S/C19H27NO4/c1-13(18(14(2)21)10-17-6-5-9-24-17)20-12-15-7-8-16(22-3)11-19(15)23-4/h5-9,11,13-14,18,20-21H,10,12H2,1-4H3. The first kappa shape index (κ1) is 18.4. The number of rotatable bonds is 9. The number of aliphatic hydroxyl groups excluding tert-OH is 1. The predicted octanol–water partition coefficient (Wildman–Crippen LogP) is 3.01. The zero-order valence-electron chi connectivity index (χ0n) is 14.8. The smallest absolute Gasteiger partial charge is 0.127 e. The van der Waals surface area contributed by atoms with Crippen LogP contribution in [0, 0.1) is 5.92 Å². The highest BCUT2D eigenvalue weighted by Gasteiger charge is 2.23. The predicted molar refractivity (Wildman–Crippen MR) is 93.4 cm³/mol. The number of furan rings is 1. The van der Waals surface area contributed by atoms with Crippen LogP contribution in [0.4, 0.5) is 0 Å². The summed E-state index contributed by atoms with van der Waals surface area (Å²) in [7, 11) is 3.29. The summed E-state index contributed by atoms with van der Waals surface area (Å²) in [6, 6.07) is 9.70. The first-order valence-corrected chi connectivity index (χ1v) is 8.20. The first-order valence-electron chi connectivity index (χ1n) is 8.20. The van der Waals surface area contributed by atoms with Gasteiger partial charge in [0.25, 0.3) is 0 Å². The highest BCUT2D eigenvalue weighted by molar-refractivity contribution is 5.40. The number of benzene rings is 1. The Hall–Kier alpha value is -1.98. The van der Waals surface area contributed by atoms with Gasteiger partial charge in [0.1, 0.15) is 17.3 Å². The molecule has 2 aromatic rings. The number of nitrogens with one attached hydrogen (secondary N) is 1. The number of hydrogen-bond donors (Lipinski definition) is 2. The van der Waals surface area contributed by atoms with E-state index in [4.69, 9.17) is 13.9 Å². The quantitative estimate of drug-likeness (QED) is 0.738. The Morgan fingerprint density at radius 2 is 1.96 bits per heavy atom. The molecule has 132 valence electrons. The van der Waals surface area contributed by atoms with Gasteiger partial charge in [0, 0.05) is 36.6 Å². The molecule has 3 atom stereocenters. The average molecular weight is 333 g/mol. The van der Waals surface area contributed by atoms with Gasteiger partial charge in [0.2, 0.25) is 0 Å². The van der Waals surface area contributed by atoms with Crippen LogP contribution in [0.1, 0.15) is 25.2 Å². The lowest BCUT2D eigenvalue weighted by atomic mass is 9.91. The summed E-state index contributed by atoms with van der Waals surface area (Å²) in [5, 5.41) is 13.6. The molecule has 0 aliphatic carbocycles. The summed E-state index contributed by atoms with van der Waals surface area (Å²) in [4.78, 5) is 0. The molecule has 1 heterocycles. The number of hydrogen-bond acceptors (Lipinski definition) is 5. The minimum Gasteiger partial charge on any atom is -0.497 e. The van der Waals surface area contributed by atoms with Gasteiger partial charge in [-0.1, -0.05) is 6.07 Å². The van der Waals surface area contributed by atoms with E-state index in [-0.39, 0.29) is 12.0 Å². The molecule has 0 amide bonds. The average Bonchev–Trinajstić information content (AvgIpc) is 3.10. The van der Waals surface area contributed by atoms with E-state index in [1.165, 1.54) is 0 Å². The Morgan fingerprint density at radius 1 is 1.17 bits per heavy atom. The van der Waals surface area contributed by atoms with Gasteiger partial charge in [-0.05, 0) is 32.0 Å². The van der Waals surface area contributed by atoms with E-state index < -0.39 is 6.10 Å². The Balaban J connectivity index is 2.01. The van der Waals surface area contributed by atoms with Gasteiger partial charge in [0.05, 0.1) is 26.6 Å². The van der Waals surface area contributed by atoms with Crippen LogP contribution in [0.3, 0.4) is 0 Å². The third-order valence-electron chi connectivity index (χ3n) is 4.39. The lowest BCUT2D eigenvalue weighted by molar-refractivity contribution is 0.0997. The summed E-state index contributed by atoms with van der Waals surface area (Å²) in [5.41, 5.74) is 1.05. The maximum Gasteiger partial charge on any atom is 0.127 e. The van der Waals surface area contributed by atoms with Gasteiger partial charge in [-0.25, -0.2) is 0 Å². The van der Waals surface area contributed by atoms with Gasteiger partial charge in [-0.2, -0.15) is 0 Å². The van der Waals surface area contributed by atoms with Crippen LogP contribution in [0.25, 0.3) is 0 Å². The topological polar surface area (TPSA) is 63.9 Å². The van der Waals surface area contributed by atoms with Crippen molar-refractivity contribution in [3.8, 4) is 11.5 Å². The number of methoxy groups -OCH3 is 2. The van der Waals surface area contributed by atoms with E-state index in [2.05, 4.69) is 12.2 Å². The summed E-state index contributed by atoms with van der Waals surface area (Å²) in [6.07, 6.45) is 1.92. The highest BCUT2D eigenvalue weighted by Crippen LogP contribution is 2.25. The van der Waals surface area contributed by atoms with Crippen molar-refractivity contribution in [3.05, 3.63) is 47.9 Å². The molecule has 24 heavy (non-hydrogen) atoms. The van der Waals surface area contributed by atoms with Crippen molar-refractivity contribution in [1.82, 2.24) is 5.32 Å². The molecule has 0 fully saturated rings. The second-order valence-corrected chi connectivity index (χ2v) is 6.04. The lowest BCUT2D eigenvalue weighted by Crippen LogP contribution is -2.39. The van der Waals surface area contributed by atoms with Crippen LogP contribution in [-0.4, -0.2) is 31.5 Å². The molecule has 0 aliphatic rings. The minimum absolute atomic E-state index is 0.0559. The SMILES string of the molecule is COc1ccc(CNC(C)C(Cc2ccco2)C(C)O)c(OC)c1. The third-order valence-corrected chi connectivity index (χ3v) is 4.39. The molecule has 1 aromatic carbocycles. The van der Waals surface area contributed by atoms with E-state index >= 15 is 0 Å². The fraction of sp³-hybridized carbons (Fsp3) is 0.474. The van der Waals surface area contributed by atoms with E-state index in [1.807, 2.05) is 37.3 Å². The Labute approximate surface area is 143 Å². The van der Waals surface area contributed by atoms with Crippen molar-refractivity contribution < 1.29 is 19.0 Å². The van der Waals surface area contributed by atoms with Crippen molar-refractivity contribution >= 4 is 0 Å². The maximum atomic E-state index is 10.1. The van der Waals surface area contributed by atoms with Crippen LogP contribution < -0.4 is 14.8 Å². The first-order chi connectivity index (χ1) is 11.5. The zero-order valence-corrected chi connectivity index (χ0v) is 14.8. The molecule has 2 rings (SSSR count). The lowest BCUT2D eigenvalue weighted by Gasteiger charge is -2.27. The van der Waals surface area contributed by atoms with Crippen molar-refractivity contribution in [3.63, 3.8) is 0 Å². The third kappa shape index (κ3) is 4.76. The Bertz CT molecular complexity index is 610. The van der Waals surface area contributed by atoms with Crippen LogP contribution in [0.5, 0.6) is 11.5 Å². The molecule has 0 spiro atoms. The fourth-order valence-electron chi connectivity index (χ4n) is 2.85. The minimum atomic E-state index is -0.435. The normalized spacial score (nSPS) is 14.9. The van der Waals surface area contributed by atoms with Crippen LogP contribution in [0.15, 0.2) is 41.0 Å². The maximum absolute atomic E-state index is 10.1. The van der Waals surface area contributed by atoms with Crippen molar-refractivity contribution in [2.75, 3.05) is 14.2 Å². The van der Waals surface area contributed by atoms with Crippen LogP contribution in [-0.2, 0) is 13.0 Å². The van der Waals surface area contributed by atoms with Gasteiger partial charge < -0.3 is 24.3 Å². The summed E-state index contributed by atoms with van der Waals surface area (Å²) >= 11 is 0. The summed E-state index contributed by atoms with van der Waals surface area (Å²) < 4.78 is 16.1. The monoisotopic (exact) mass is 333 g/mol. The molecule has 5 nitrogen and oxygen atoms in total. The van der Waals surface area contributed by atoms with E-state index in [0.29, 0.717) is 13.0 Å². The van der Waals surface area contributed by atoms with Gasteiger partial charge >= 0.3 is 0 Å². The molecule has 0 saturated carbocycles. The molecule has 1 aromatic heterocycles.